The van der Waals surface area contributed by atoms with Gasteiger partial charge in [0.05, 0.1) is 11.1 Å². The van der Waals surface area contributed by atoms with Gasteiger partial charge in [0.1, 0.15) is 5.82 Å². The molecule has 2 aliphatic rings. The average Bonchev–Trinajstić information content (AvgIpc) is 2.19. The molecular weight excluding hydrogens is 224 g/mol. The first-order valence-electron chi connectivity index (χ1n) is 6.27. The molecular formula is C14H22N4. The Kier molecular flexibility index (Phi) is 2.97. The van der Waals surface area contributed by atoms with Crippen molar-refractivity contribution in [3.63, 3.8) is 0 Å². The fourth-order valence-electron chi connectivity index (χ4n) is 2.19. The van der Waals surface area contributed by atoms with Gasteiger partial charge in [-0.1, -0.05) is 23.8 Å². The SMILES string of the molecule is CC1=CCC(C)(NC2=CC(C)(C)N=C(N)N2)C=C1. The average molecular weight is 246 g/mol. The van der Waals surface area contributed by atoms with E-state index in [1.807, 2.05) is 13.8 Å². The molecule has 18 heavy (non-hydrogen) atoms. The van der Waals surface area contributed by atoms with Crippen molar-refractivity contribution in [2.75, 3.05) is 0 Å². The molecule has 0 saturated heterocycles. The summed E-state index contributed by atoms with van der Waals surface area (Å²) in [4.78, 5) is 4.33. The first-order valence-corrected chi connectivity index (χ1v) is 6.27. The second-order valence-electron chi connectivity index (χ2n) is 5.86. The van der Waals surface area contributed by atoms with Crippen molar-refractivity contribution < 1.29 is 0 Å². The maximum Gasteiger partial charge on any atom is 0.195 e. The molecule has 4 nitrogen and oxygen atoms in total. The van der Waals surface area contributed by atoms with Crippen LogP contribution < -0.4 is 16.4 Å². The van der Waals surface area contributed by atoms with E-state index in [-0.39, 0.29) is 11.1 Å². The molecule has 1 aliphatic carbocycles. The Morgan fingerprint density at radius 2 is 2.11 bits per heavy atom. The topological polar surface area (TPSA) is 62.4 Å². The van der Waals surface area contributed by atoms with Crippen LogP contribution in [0.5, 0.6) is 0 Å². The Bertz CT molecular complexity index is 468. The highest BCUT2D eigenvalue weighted by atomic mass is 15.2. The third-order valence-electron chi connectivity index (χ3n) is 3.15. The van der Waals surface area contributed by atoms with E-state index in [2.05, 4.69) is 53.8 Å². The van der Waals surface area contributed by atoms with E-state index in [1.165, 1.54) is 5.57 Å². The minimum Gasteiger partial charge on any atom is -0.370 e. The lowest BCUT2D eigenvalue weighted by molar-refractivity contribution is 0.462. The van der Waals surface area contributed by atoms with E-state index in [4.69, 9.17) is 5.73 Å². The lowest BCUT2D eigenvalue weighted by Gasteiger charge is -2.34. The third-order valence-corrected chi connectivity index (χ3v) is 3.15. The standard InChI is InChI=1S/C14H22N4/c1-10-5-7-14(4,8-6-10)17-11-9-13(2,3)18-12(15)16-11/h5-7,9,17H,8H2,1-4H3,(H3,15,16,18). The van der Waals surface area contributed by atoms with Crippen molar-refractivity contribution in [1.82, 2.24) is 10.6 Å². The van der Waals surface area contributed by atoms with Gasteiger partial charge in [0.25, 0.3) is 0 Å². The van der Waals surface area contributed by atoms with Crippen molar-refractivity contribution in [3.05, 3.63) is 35.7 Å². The van der Waals surface area contributed by atoms with Crippen LogP contribution in [0.4, 0.5) is 0 Å². The Hall–Kier alpha value is -1.71. The predicted molar refractivity (Wildman–Crippen MR) is 76.0 cm³/mol. The minimum absolute atomic E-state index is 0.0773. The normalized spacial score (nSPS) is 29.9. The summed E-state index contributed by atoms with van der Waals surface area (Å²) < 4.78 is 0. The number of hydrogen-bond donors (Lipinski definition) is 3. The van der Waals surface area contributed by atoms with Crippen molar-refractivity contribution in [1.29, 1.82) is 0 Å². The molecule has 0 saturated carbocycles. The number of allylic oxidation sites excluding steroid dienone is 2. The Balaban J connectivity index is 2.12. The molecule has 0 radical (unpaired) electrons. The van der Waals surface area contributed by atoms with Crippen molar-refractivity contribution >= 4 is 5.96 Å². The van der Waals surface area contributed by atoms with Gasteiger partial charge in [0, 0.05) is 0 Å². The monoisotopic (exact) mass is 246 g/mol. The number of guanidine groups is 1. The molecule has 2 rings (SSSR count). The largest absolute Gasteiger partial charge is 0.370 e. The van der Waals surface area contributed by atoms with Crippen LogP contribution in [0, 0.1) is 0 Å². The van der Waals surface area contributed by atoms with Gasteiger partial charge in [-0.3, -0.25) is 0 Å². The van der Waals surface area contributed by atoms with Crippen molar-refractivity contribution in [2.24, 2.45) is 10.7 Å². The van der Waals surface area contributed by atoms with Gasteiger partial charge in [0.2, 0.25) is 0 Å². The van der Waals surface area contributed by atoms with Crippen LogP contribution in [0.2, 0.25) is 0 Å². The van der Waals surface area contributed by atoms with E-state index in [1.54, 1.807) is 0 Å². The van der Waals surface area contributed by atoms with E-state index in [0.717, 1.165) is 12.2 Å². The predicted octanol–water partition coefficient (Wildman–Crippen LogP) is 1.78. The number of nitrogens with one attached hydrogen (secondary N) is 2. The summed E-state index contributed by atoms with van der Waals surface area (Å²) in [6.07, 6.45) is 9.60. The number of aliphatic imine (C=N–C) groups is 1. The van der Waals surface area contributed by atoms with E-state index >= 15 is 0 Å². The molecule has 0 aromatic carbocycles. The van der Waals surface area contributed by atoms with E-state index in [0.29, 0.717) is 5.96 Å². The zero-order chi connectivity index (χ0) is 13.4. The van der Waals surface area contributed by atoms with Crippen LogP contribution in [-0.4, -0.2) is 17.0 Å². The summed E-state index contributed by atoms with van der Waals surface area (Å²) in [6, 6.07) is 0. The molecule has 1 atom stereocenters. The minimum atomic E-state index is -0.266. The van der Waals surface area contributed by atoms with Gasteiger partial charge in [-0.25, -0.2) is 4.99 Å². The molecule has 0 bridgehead atoms. The first kappa shape index (κ1) is 12.7. The highest BCUT2D eigenvalue weighted by molar-refractivity contribution is 5.81. The summed E-state index contributed by atoms with van der Waals surface area (Å²) in [7, 11) is 0. The second kappa shape index (κ2) is 4.19. The first-order chi connectivity index (χ1) is 8.28. The molecule has 1 heterocycles. The maximum atomic E-state index is 5.80. The molecule has 4 N–H and O–H groups in total. The highest BCUT2D eigenvalue weighted by Gasteiger charge is 2.26. The summed E-state index contributed by atoms with van der Waals surface area (Å²) in [5.74, 6) is 1.38. The highest BCUT2D eigenvalue weighted by Crippen LogP contribution is 2.23. The van der Waals surface area contributed by atoms with Crippen LogP contribution in [0.15, 0.2) is 40.7 Å². The maximum absolute atomic E-state index is 5.80. The molecule has 0 amide bonds. The van der Waals surface area contributed by atoms with E-state index in [9.17, 15) is 0 Å². The summed E-state index contributed by atoms with van der Waals surface area (Å²) >= 11 is 0. The van der Waals surface area contributed by atoms with Gasteiger partial charge >= 0.3 is 0 Å². The number of rotatable bonds is 2. The van der Waals surface area contributed by atoms with Crippen LogP contribution in [0.25, 0.3) is 0 Å². The molecule has 1 unspecified atom stereocenters. The number of hydrogen-bond acceptors (Lipinski definition) is 4. The van der Waals surface area contributed by atoms with Gasteiger partial charge in [0.15, 0.2) is 5.96 Å². The fraction of sp³-hybridized carbons (Fsp3) is 0.500. The van der Waals surface area contributed by atoms with Crippen molar-refractivity contribution in [2.45, 2.75) is 45.2 Å². The number of nitrogens with zero attached hydrogens (tertiary/aromatic N) is 1. The van der Waals surface area contributed by atoms with Gasteiger partial charge in [-0.2, -0.15) is 0 Å². The van der Waals surface area contributed by atoms with Gasteiger partial charge in [-0.05, 0) is 40.2 Å². The fourth-order valence-corrected chi connectivity index (χ4v) is 2.19. The molecule has 0 fully saturated rings. The Morgan fingerprint density at radius 1 is 1.39 bits per heavy atom. The summed E-state index contributed by atoms with van der Waals surface area (Å²) in [6.45, 7) is 8.35. The van der Waals surface area contributed by atoms with Crippen LogP contribution in [0.1, 0.15) is 34.1 Å². The molecule has 0 aromatic heterocycles. The molecule has 4 heteroatoms. The Morgan fingerprint density at radius 3 is 2.67 bits per heavy atom. The summed E-state index contributed by atoms with van der Waals surface area (Å²) in [5, 5.41) is 6.58. The zero-order valence-corrected chi connectivity index (χ0v) is 11.5. The van der Waals surface area contributed by atoms with Crippen molar-refractivity contribution in [3.8, 4) is 0 Å². The lowest BCUT2D eigenvalue weighted by Crippen LogP contribution is -2.50. The Labute approximate surface area is 109 Å². The third kappa shape index (κ3) is 2.94. The van der Waals surface area contributed by atoms with E-state index < -0.39 is 0 Å². The van der Waals surface area contributed by atoms with Gasteiger partial charge < -0.3 is 16.4 Å². The zero-order valence-electron chi connectivity index (χ0n) is 11.5. The lowest BCUT2D eigenvalue weighted by atomic mass is 9.90. The molecule has 0 aromatic rings. The van der Waals surface area contributed by atoms with Crippen LogP contribution in [0.3, 0.4) is 0 Å². The smallest absolute Gasteiger partial charge is 0.195 e. The molecule has 0 spiro atoms. The number of nitrogens with two attached hydrogens (primary N) is 1. The summed E-state index contributed by atoms with van der Waals surface area (Å²) in [5.41, 5.74) is 6.76. The molecule has 98 valence electrons. The second-order valence-corrected chi connectivity index (χ2v) is 5.86. The van der Waals surface area contributed by atoms with Crippen LogP contribution in [-0.2, 0) is 0 Å². The molecule has 1 aliphatic heterocycles. The van der Waals surface area contributed by atoms with Gasteiger partial charge in [-0.15, -0.1) is 0 Å². The quantitative estimate of drug-likeness (QED) is 0.696. The van der Waals surface area contributed by atoms with Crippen LogP contribution >= 0.6 is 0 Å².